The Bertz CT molecular complexity index is 376. The maximum absolute atomic E-state index is 12.1. The van der Waals surface area contributed by atoms with Crippen molar-refractivity contribution in [3.63, 3.8) is 0 Å². The number of rotatable bonds is 5. The highest BCUT2D eigenvalue weighted by atomic mass is 127. The zero-order chi connectivity index (χ0) is 12.1. The van der Waals surface area contributed by atoms with Crippen molar-refractivity contribution in [2.24, 2.45) is 5.92 Å². The lowest BCUT2D eigenvalue weighted by molar-refractivity contribution is 0.0961. The summed E-state index contributed by atoms with van der Waals surface area (Å²) in [7, 11) is 0. The molecule has 0 aliphatic carbocycles. The summed E-state index contributed by atoms with van der Waals surface area (Å²) in [4.78, 5) is 12.1. The zero-order valence-corrected chi connectivity index (χ0v) is 13.3. The van der Waals surface area contributed by atoms with E-state index >= 15 is 0 Å². The van der Waals surface area contributed by atoms with Gasteiger partial charge in [0.05, 0.1) is 0 Å². The second-order valence-corrected chi connectivity index (χ2v) is 6.22. The molecule has 0 aliphatic rings. The first-order valence-electron chi connectivity index (χ1n) is 5.52. The monoisotopic (exact) mass is 394 g/mol. The standard InChI is InChI=1S/C13H16BrIO/c1-3-4-9(2)7-13(16)11-8-10(14)5-6-12(11)15/h5-6,8-9H,3-4,7H2,1-2H3. The van der Waals surface area contributed by atoms with Crippen LogP contribution < -0.4 is 0 Å². The van der Waals surface area contributed by atoms with Crippen LogP contribution in [0.15, 0.2) is 22.7 Å². The number of hydrogen-bond acceptors (Lipinski definition) is 1. The molecular weight excluding hydrogens is 379 g/mol. The van der Waals surface area contributed by atoms with E-state index in [1.165, 1.54) is 0 Å². The quantitative estimate of drug-likeness (QED) is 0.503. The van der Waals surface area contributed by atoms with Gasteiger partial charge in [-0.15, -0.1) is 0 Å². The van der Waals surface area contributed by atoms with Crippen molar-refractivity contribution in [2.45, 2.75) is 33.1 Å². The molecule has 16 heavy (non-hydrogen) atoms. The van der Waals surface area contributed by atoms with Crippen molar-refractivity contribution in [1.29, 1.82) is 0 Å². The number of Topliss-reactive ketones (excluding diaryl/α,β-unsaturated/α-hetero) is 1. The number of benzene rings is 1. The number of hydrogen-bond donors (Lipinski definition) is 0. The van der Waals surface area contributed by atoms with E-state index in [0.29, 0.717) is 12.3 Å². The van der Waals surface area contributed by atoms with Crippen molar-refractivity contribution in [3.8, 4) is 0 Å². The fourth-order valence-corrected chi connectivity index (χ4v) is 2.73. The van der Waals surface area contributed by atoms with Crippen LogP contribution in [0.25, 0.3) is 0 Å². The average molecular weight is 395 g/mol. The van der Waals surface area contributed by atoms with Gasteiger partial charge in [0.1, 0.15) is 0 Å². The van der Waals surface area contributed by atoms with Crippen LogP contribution in [0, 0.1) is 9.49 Å². The minimum Gasteiger partial charge on any atom is -0.294 e. The Labute approximate surface area is 119 Å². The fourth-order valence-electron chi connectivity index (χ4n) is 1.73. The number of ketones is 1. The Morgan fingerprint density at radius 2 is 2.19 bits per heavy atom. The van der Waals surface area contributed by atoms with Gasteiger partial charge in [-0.1, -0.05) is 42.6 Å². The van der Waals surface area contributed by atoms with Crippen molar-refractivity contribution in [1.82, 2.24) is 0 Å². The van der Waals surface area contributed by atoms with Gasteiger partial charge in [0.15, 0.2) is 5.78 Å². The molecule has 1 rings (SSSR count). The summed E-state index contributed by atoms with van der Waals surface area (Å²) in [5.74, 6) is 0.735. The Kier molecular flexibility index (Phi) is 5.97. The van der Waals surface area contributed by atoms with Crippen LogP contribution in [0.4, 0.5) is 0 Å². The third-order valence-electron chi connectivity index (χ3n) is 2.54. The Morgan fingerprint density at radius 1 is 1.50 bits per heavy atom. The molecule has 0 radical (unpaired) electrons. The molecule has 1 aromatic rings. The molecule has 88 valence electrons. The Hall–Kier alpha value is 0.1000. The van der Waals surface area contributed by atoms with E-state index in [-0.39, 0.29) is 5.78 Å². The predicted molar refractivity (Wildman–Crippen MR) is 79.9 cm³/mol. The average Bonchev–Trinajstić information content (AvgIpc) is 2.21. The molecule has 3 heteroatoms. The highest BCUT2D eigenvalue weighted by molar-refractivity contribution is 14.1. The van der Waals surface area contributed by atoms with Gasteiger partial charge in [0.2, 0.25) is 0 Å². The summed E-state index contributed by atoms with van der Waals surface area (Å²) < 4.78 is 2.01. The molecule has 0 aliphatic heterocycles. The van der Waals surface area contributed by atoms with Gasteiger partial charge in [0, 0.05) is 20.0 Å². The highest BCUT2D eigenvalue weighted by Gasteiger charge is 2.13. The van der Waals surface area contributed by atoms with Crippen molar-refractivity contribution in [2.75, 3.05) is 0 Å². The first-order chi connectivity index (χ1) is 7.54. The molecule has 0 heterocycles. The zero-order valence-electron chi connectivity index (χ0n) is 9.59. The lowest BCUT2D eigenvalue weighted by Crippen LogP contribution is -2.07. The largest absolute Gasteiger partial charge is 0.294 e. The lowest BCUT2D eigenvalue weighted by Gasteiger charge is -2.10. The van der Waals surface area contributed by atoms with Crippen LogP contribution in [0.2, 0.25) is 0 Å². The molecule has 1 atom stereocenters. The van der Waals surface area contributed by atoms with E-state index in [4.69, 9.17) is 0 Å². The molecule has 0 aromatic heterocycles. The normalized spacial score (nSPS) is 12.5. The van der Waals surface area contributed by atoms with E-state index < -0.39 is 0 Å². The maximum atomic E-state index is 12.1. The van der Waals surface area contributed by atoms with E-state index in [1.807, 2.05) is 18.2 Å². The van der Waals surface area contributed by atoms with Crippen LogP contribution in [-0.4, -0.2) is 5.78 Å². The summed E-state index contributed by atoms with van der Waals surface area (Å²) in [6.07, 6.45) is 2.92. The van der Waals surface area contributed by atoms with Crippen molar-refractivity contribution >= 4 is 44.3 Å². The maximum Gasteiger partial charge on any atom is 0.164 e. The summed E-state index contributed by atoms with van der Waals surface area (Å²) in [5, 5.41) is 0. The van der Waals surface area contributed by atoms with Gasteiger partial charge in [0.25, 0.3) is 0 Å². The highest BCUT2D eigenvalue weighted by Crippen LogP contribution is 2.22. The van der Waals surface area contributed by atoms with Crippen LogP contribution in [0.3, 0.4) is 0 Å². The molecular formula is C13H16BrIO. The van der Waals surface area contributed by atoms with Crippen LogP contribution in [-0.2, 0) is 0 Å². The molecule has 0 N–H and O–H groups in total. The Balaban J connectivity index is 2.76. The molecule has 0 amide bonds. The molecule has 0 saturated carbocycles. The van der Waals surface area contributed by atoms with Gasteiger partial charge in [-0.3, -0.25) is 4.79 Å². The number of halogens is 2. The topological polar surface area (TPSA) is 17.1 Å². The fraction of sp³-hybridized carbons (Fsp3) is 0.462. The molecule has 0 fully saturated rings. The first kappa shape index (κ1) is 14.2. The smallest absolute Gasteiger partial charge is 0.164 e. The van der Waals surface area contributed by atoms with Gasteiger partial charge >= 0.3 is 0 Å². The second kappa shape index (κ2) is 6.74. The van der Waals surface area contributed by atoms with Gasteiger partial charge in [-0.2, -0.15) is 0 Å². The van der Waals surface area contributed by atoms with E-state index in [9.17, 15) is 4.79 Å². The van der Waals surface area contributed by atoms with Gasteiger partial charge < -0.3 is 0 Å². The summed E-state index contributed by atoms with van der Waals surface area (Å²) in [6, 6.07) is 5.86. The minimum absolute atomic E-state index is 0.256. The SMILES string of the molecule is CCCC(C)CC(=O)c1cc(Br)ccc1I. The van der Waals surface area contributed by atoms with Crippen LogP contribution >= 0.6 is 38.5 Å². The van der Waals surface area contributed by atoms with Gasteiger partial charge in [-0.05, 0) is 46.7 Å². The predicted octanol–water partition coefficient (Wildman–Crippen LogP) is 5.06. The number of carbonyl (C=O) groups excluding carboxylic acids is 1. The molecule has 0 spiro atoms. The van der Waals surface area contributed by atoms with E-state index in [0.717, 1.165) is 26.4 Å². The molecule has 0 saturated heterocycles. The van der Waals surface area contributed by atoms with Crippen molar-refractivity contribution < 1.29 is 4.79 Å². The van der Waals surface area contributed by atoms with Gasteiger partial charge in [-0.25, -0.2) is 0 Å². The van der Waals surface area contributed by atoms with E-state index in [2.05, 4.69) is 52.4 Å². The number of carbonyl (C=O) groups is 1. The molecule has 1 nitrogen and oxygen atoms in total. The summed E-state index contributed by atoms with van der Waals surface area (Å²) in [5.41, 5.74) is 0.845. The third kappa shape index (κ3) is 4.17. The second-order valence-electron chi connectivity index (χ2n) is 4.15. The first-order valence-corrected chi connectivity index (χ1v) is 7.40. The van der Waals surface area contributed by atoms with Crippen molar-refractivity contribution in [3.05, 3.63) is 31.8 Å². The minimum atomic E-state index is 0.256. The summed E-state index contributed by atoms with van der Waals surface area (Å²) in [6.45, 7) is 4.30. The molecule has 1 unspecified atom stereocenters. The van der Waals surface area contributed by atoms with E-state index in [1.54, 1.807) is 0 Å². The molecule has 1 aromatic carbocycles. The third-order valence-corrected chi connectivity index (χ3v) is 3.98. The Morgan fingerprint density at radius 3 is 2.81 bits per heavy atom. The molecule has 0 bridgehead atoms. The lowest BCUT2D eigenvalue weighted by atomic mass is 9.96. The summed E-state index contributed by atoms with van der Waals surface area (Å²) >= 11 is 5.62. The van der Waals surface area contributed by atoms with Crippen LogP contribution in [0.5, 0.6) is 0 Å². The van der Waals surface area contributed by atoms with Crippen LogP contribution in [0.1, 0.15) is 43.5 Å².